The first kappa shape index (κ1) is 23.7. The fourth-order valence-electron chi connectivity index (χ4n) is 4.25. The van der Waals surface area contributed by atoms with Crippen LogP contribution in [-0.4, -0.2) is 76.6 Å². The monoisotopic (exact) mass is 492 g/mol. The van der Waals surface area contributed by atoms with E-state index < -0.39 is 22.5 Å². The maximum absolute atomic E-state index is 13.9. The Kier molecular flexibility index (Phi) is 6.87. The largest absolute Gasteiger partial charge is 0.339 e. The minimum atomic E-state index is -0.909. The van der Waals surface area contributed by atoms with Gasteiger partial charge in [-0.15, -0.1) is 0 Å². The first-order chi connectivity index (χ1) is 16.2. The van der Waals surface area contributed by atoms with E-state index in [2.05, 4.69) is 0 Å². The van der Waals surface area contributed by atoms with Crippen LogP contribution in [0.1, 0.15) is 32.9 Å². The summed E-state index contributed by atoms with van der Waals surface area (Å²) in [6.45, 7) is 1.97. The predicted molar refractivity (Wildman–Crippen MR) is 118 cm³/mol. The number of nitro groups is 1. The van der Waals surface area contributed by atoms with E-state index in [0.717, 1.165) is 23.5 Å². The molecule has 0 spiro atoms. The molecule has 9 nitrogen and oxygen atoms in total. The number of amides is 3. The van der Waals surface area contributed by atoms with E-state index in [0.29, 0.717) is 63.1 Å². The van der Waals surface area contributed by atoms with Crippen LogP contribution in [0.2, 0.25) is 0 Å². The van der Waals surface area contributed by atoms with Gasteiger partial charge in [0.15, 0.2) is 0 Å². The minimum Gasteiger partial charge on any atom is -0.339 e. The van der Waals surface area contributed by atoms with Gasteiger partial charge in [0.25, 0.3) is 11.8 Å². The Morgan fingerprint density at radius 1 is 0.882 bits per heavy atom. The summed E-state index contributed by atoms with van der Waals surface area (Å²) in [6, 6.07) is 5.58. The number of carbonyl (C=O) groups excluding carboxylic acids is 3. The number of halogens is 2. The number of nitrogens with zero attached hydrogens (tertiary/aromatic N) is 4. The van der Waals surface area contributed by atoms with Crippen LogP contribution in [0.4, 0.5) is 13.8 Å². The summed E-state index contributed by atoms with van der Waals surface area (Å²) in [6.07, 6.45) is 0.872. The molecule has 0 aliphatic carbocycles. The quantitative estimate of drug-likeness (QED) is 0.482. The highest BCUT2D eigenvalue weighted by atomic mass is 32.1. The van der Waals surface area contributed by atoms with Crippen LogP contribution in [0.15, 0.2) is 30.3 Å². The standard InChI is InChI=1S/C22H22F2N4O5S/c23-15-1-2-16(17(24)13-15)21(30)25-7-5-14(6-8-25)20(29)26-9-11-27(12-10-26)22(31)18-3-4-19(34-18)28(32)33/h1-4,13-14H,5-12H2. The molecule has 3 heterocycles. The lowest BCUT2D eigenvalue weighted by molar-refractivity contribution is -0.380. The molecular weight excluding hydrogens is 470 g/mol. The molecule has 12 heteroatoms. The van der Waals surface area contributed by atoms with Gasteiger partial charge >= 0.3 is 5.00 Å². The van der Waals surface area contributed by atoms with Crippen LogP contribution in [0.5, 0.6) is 0 Å². The fourth-order valence-corrected chi connectivity index (χ4v) is 5.04. The lowest BCUT2D eigenvalue weighted by Gasteiger charge is -2.38. The van der Waals surface area contributed by atoms with Crippen LogP contribution in [0, 0.1) is 27.7 Å². The van der Waals surface area contributed by atoms with Gasteiger partial charge in [-0.05, 0) is 31.0 Å². The number of hydrogen-bond donors (Lipinski definition) is 0. The van der Waals surface area contributed by atoms with Gasteiger partial charge < -0.3 is 14.7 Å². The summed E-state index contributed by atoms with van der Waals surface area (Å²) in [5, 5.41) is 10.7. The molecule has 2 fully saturated rings. The average Bonchev–Trinajstić information content (AvgIpc) is 3.34. The minimum absolute atomic E-state index is 0.0427. The van der Waals surface area contributed by atoms with E-state index >= 15 is 0 Å². The molecule has 2 aliphatic heterocycles. The van der Waals surface area contributed by atoms with Crippen LogP contribution in [-0.2, 0) is 4.79 Å². The highest BCUT2D eigenvalue weighted by Gasteiger charge is 2.33. The van der Waals surface area contributed by atoms with E-state index in [9.17, 15) is 33.3 Å². The first-order valence-corrected chi connectivity index (χ1v) is 11.6. The number of likely N-dealkylation sites (tertiary alicyclic amines) is 1. The van der Waals surface area contributed by atoms with Gasteiger partial charge in [0.2, 0.25) is 5.91 Å². The van der Waals surface area contributed by atoms with Gasteiger partial charge in [-0.1, -0.05) is 11.3 Å². The van der Waals surface area contributed by atoms with Crippen LogP contribution in [0.3, 0.4) is 0 Å². The molecule has 0 N–H and O–H groups in total. The number of rotatable bonds is 4. The van der Waals surface area contributed by atoms with Crippen molar-refractivity contribution in [2.75, 3.05) is 39.3 Å². The molecule has 0 atom stereocenters. The second-order valence-electron chi connectivity index (χ2n) is 8.20. The zero-order valence-corrected chi connectivity index (χ0v) is 18.9. The van der Waals surface area contributed by atoms with Gasteiger partial charge in [-0.25, -0.2) is 8.78 Å². The topological polar surface area (TPSA) is 104 Å². The molecule has 1 aromatic carbocycles. The first-order valence-electron chi connectivity index (χ1n) is 10.8. The van der Waals surface area contributed by atoms with Crippen LogP contribution >= 0.6 is 11.3 Å². The third-order valence-corrected chi connectivity index (χ3v) is 7.18. The molecule has 2 saturated heterocycles. The van der Waals surface area contributed by atoms with Gasteiger partial charge in [0.05, 0.1) is 15.4 Å². The van der Waals surface area contributed by atoms with Gasteiger partial charge in [0, 0.05) is 57.3 Å². The molecule has 1 aromatic heterocycles. The summed E-state index contributed by atoms with van der Waals surface area (Å²) in [4.78, 5) is 53.5. The maximum atomic E-state index is 13.9. The number of hydrogen-bond acceptors (Lipinski definition) is 6. The average molecular weight is 493 g/mol. The second-order valence-corrected chi connectivity index (χ2v) is 9.27. The van der Waals surface area contributed by atoms with Crippen LogP contribution < -0.4 is 0 Å². The van der Waals surface area contributed by atoms with Crippen molar-refractivity contribution in [2.24, 2.45) is 5.92 Å². The predicted octanol–water partition coefficient (Wildman–Crippen LogP) is 2.77. The van der Waals surface area contributed by atoms with E-state index in [1.807, 2.05) is 0 Å². The van der Waals surface area contributed by atoms with Crippen LogP contribution in [0.25, 0.3) is 0 Å². The van der Waals surface area contributed by atoms with E-state index in [1.165, 1.54) is 17.0 Å². The van der Waals surface area contributed by atoms with Crippen molar-refractivity contribution in [1.29, 1.82) is 0 Å². The summed E-state index contributed by atoms with van der Waals surface area (Å²) in [5.41, 5.74) is -0.192. The zero-order chi connectivity index (χ0) is 24.4. The molecule has 0 bridgehead atoms. The third kappa shape index (κ3) is 4.91. The Labute approximate surface area is 197 Å². The number of thiophene rings is 1. The SMILES string of the molecule is O=C(c1ccc([N+](=O)[O-])s1)N1CCN(C(=O)C2CCN(C(=O)c3ccc(F)cc3F)CC2)CC1. The Bertz CT molecular complexity index is 1120. The lowest BCUT2D eigenvalue weighted by atomic mass is 9.94. The molecule has 180 valence electrons. The molecule has 4 rings (SSSR count). The van der Waals surface area contributed by atoms with Crippen molar-refractivity contribution in [3.05, 3.63) is 62.5 Å². The van der Waals surface area contributed by atoms with E-state index in [4.69, 9.17) is 0 Å². The molecular formula is C22H22F2N4O5S. The van der Waals surface area contributed by atoms with Crippen molar-refractivity contribution >= 4 is 34.1 Å². The molecule has 0 unspecified atom stereocenters. The summed E-state index contributed by atoms with van der Waals surface area (Å²) in [5.74, 6) is -2.79. The number of carbonyl (C=O) groups is 3. The Balaban J connectivity index is 1.27. The fraction of sp³-hybridized carbons (Fsp3) is 0.409. The Morgan fingerprint density at radius 2 is 1.50 bits per heavy atom. The molecule has 3 amide bonds. The molecule has 2 aromatic rings. The summed E-state index contributed by atoms with van der Waals surface area (Å²) >= 11 is 0.830. The molecule has 34 heavy (non-hydrogen) atoms. The van der Waals surface area contributed by atoms with E-state index in [-0.39, 0.29) is 28.3 Å². The number of piperazine rings is 1. The van der Waals surface area contributed by atoms with Crippen molar-refractivity contribution in [3.63, 3.8) is 0 Å². The third-order valence-electron chi connectivity index (χ3n) is 6.15. The molecule has 2 aliphatic rings. The zero-order valence-electron chi connectivity index (χ0n) is 18.1. The van der Waals surface area contributed by atoms with Crippen molar-refractivity contribution in [1.82, 2.24) is 14.7 Å². The smallest absolute Gasteiger partial charge is 0.324 e. The summed E-state index contributed by atoms with van der Waals surface area (Å²) < 4.78 is 27.0. The van der Waals surface area contributed by atoms with Crippen molar-refractivity contribution in [2.45, 2.75) is 12.8 Å². The normalized spacial score (nSPS) is 17.1. The maximum Gasteiger partial charge on any atom is 0.324 e. The Hall–Kier alpha value is -3.41. The highest BCUT2D eigenvalue weighted by Crippen LogP contribution is 2.26. The van der Waals surface area contributed by atoms with Gasteiger partial charge in [0.1, 0.15) is 11.6 Å². The second kappa shape index (κ2) is 9.84. The number of piperidine rings is 1. The number of benzene rings is 1. The van der Waals surface area contributed by atoms with Gasteiger partial charge in [-0.2, -0.15) is 0 Å². The van der Waals surface area contributed by atoms with Gasteiger partial charge in [-0.3, -0.25) is 24.5 Å². The Morgan fingerprint density at radius 3 is 2.09 bits per heavy atom. The highest BCUT2D eigenvalue weighted by molar-refractivity contribution is 7.17. The van der Waals surface area contributed by atoms with Crippen molar-refractivity contribution < 1.29 is 28.1 Å². The lowest BCUT2D eigenvalue weighted by Crippen LogP contribution is -2.53. The molecule has 0 radical (unpaired) electrons. The van der Waals surface area contributed by atoms with Crippen molar-refractivity contribution in [3.8, 4) is 0 Å². The summed E-state index contributed by atoms with van der Waals surface area (Å²) in [7, 11) is 0. The van der Waals surface area contributed by atoms with E-state index in [1.54, 1.807) is 9.80 Å². The molecule has 0 saturated carbocycles.